The summed E-state index contributed by atoms with van der Waals surface area (Å²) in [6.07, 6.45) is 0.507. The summed E-state index contributed by atoms with van der Waals surface area (Å²) in [5, 5.41) is 14.6. The molecule has 1 atom stereocenters. The smallest absolute Gasteiger partial charge is 0.280 e. The number of phenolic OH excluding ortho intramolecular Hbond substituents is 1. The minimum atomic E-state index is -0.793. The lowest BCUT2D eigenvalue weighted by Gasteiger charge is -2.13. The molecule has 0 spiro atoms. The summed E-state index contributed by atoms with van der Waals surface area (Å²) in [6.45, 7) is 1.60. The normalized spacial score (nSPS) is 11.8. The van der Waals surface area contributed by atoms with Crippen LogP contribution in [0.2, 0.25) is 10.0 Å². The van der Waals surface area contributed by atoms with Crippen LogP contribution < -0.4 is 14.9 Å². The Labute approximate surface area is 183 Å². The van der Waals surface area contributed by atoms with Gasteiger partial charge in [0.1, 0.15) is 23.0 Å². The van der Waals surface area contributed by atoms with Gasteiger partial charge in [-0.25, -0.2) is 5.43 Å². The highest BCUT2D eigenvalue weighted by atomic mass is 35.5. The highest BCUT2D eigenvalue weighted by Gasteiger charge is 2.14. The van der Waals surface area contributed by atoms with E-state index in [4.69, 9.17) is 32.7 Å². The lowest BCUT2D eigenvalue weighted by Crippen LogP contribution is -2.33. The molecule has 0 radical (unpaired) electrons. The second-order valence-corrected chi connectivity index (χ2v) is 7.10. The maximum Gasteiger partial charge on any atom is 0.280 e. The monoisotopic (exact) mass is 444 g/mol. The van der Waals surface area contributed by atoms with E-state index in [1.54, 1.807) is 61.5 Å². The molecule has 0 heterocycles. The number of hydrogen-bond acceptors (Lipinski definition) is 5. The molecule has 0 bridgehead atoms. The van der Waals surface area contributed by atoms with E-state index >= 15 is 0 Å². The number of carbonyl (C=O) groups is 1. The van der Waals surface area contributed by atoms with E-state index in [-0.39, 0.29) is 5.75 Å². The first-order valence-electron chi connectivity index (χ1n) is 8.92. The highest BCUT2D eigenvalue weighted by molar-refractivity contribution is 6.31. The third-order valence-corrected chi connectivity index (χ3v) is 4.41. The van der Waals surface area contributed by atoms with Crippen LogP contribution in [0.3, 0.4) is 0 Å². The van der Waals surface area contributed by atoms with E-state index in [0.29, 0.717) is 32.9 Å². The van der Waals surface area contributed by atoms with Crippen LogP contribution >= 0.6 is 23.2 Å². The fourth-order valence-corrected chi connectivity index (χ4v) is 2.67. The average Bonchev–Trinajstić information content (AvgIpc) is 2.73. The summed E-state index contributed by atoms with van der Waals surface area (Å²) in [4.78, 5) is 12.2. The van der Waals surface area contributed by atoms with Crippen molar-refractivity contribution in [1.29, 1.82) is 0 Å². The molecule has 0 aliphatic rings. The number of nitrogens with zero attached hydrogens (tertiary/aromatic N) is 1. The Morgan fingerprint density at radius 2 is 1.53 bits per heavy atom. The van der Waals surface area contributed by atoms with Crippen molar-refractivity contribution in [2.45, 2.75) is 13.0 Å². The molecule has 2 N–H and O–H groups in total. The fourth-order valence-electron chi connectivity index (χ4n) is 2.37. The molecule has 0 aliphatic heterocycles. The number of hydrogen-bond donors (Lipinski definition) is 2. The Morgan fingerprint density at radius 1 is 0.967 bits per heavy atom. The van der Waals surface area contributed by atoms with E-state index in [0.717, 1.165) is 0 Å². The minimum absolute atomic E-state index is 0.00241. The number of carbonyl (C=O) groups excluding carboxylic acids is 1. The zero-order chi connectivity index (χ0) is 21.5. The van der Waals surface area contributed by atoms with Crippen molar-refractivity contribution in [3.63, 3.8) is 0 Å². The summed E-state index contributed by atoms with van der Waals surface area (Å²) in [5.41, 5.74) is 2.74. The number of hydrazone groups is 1. The van der Waals surface area contributed by atoms with Gasteiger partial charge in [0.15, 0.2) is 6.10 Å². The second kappa shape index (κ2) is 10.0. The van der Waals surface area contributed by atoms with Gasteiger partial charge in [-0.15, -0.1) is 0 Å². The molecule has 3 rings (SSSR count). The van der Waals surface area contributed by atoms with Crippen molar-refractivity contribution < 1.29 is 19.4 Å². The summed E-state index contributed by atoms with van der Waals surface area (Å²) in [6, 6.07) is 18.4. The van der Waals surface area contributed by atoms with Crippen LogP contribution in [-0.2, 0) is 4.79 Å². The minimum Gasteiger partial charge on any atom is -0.507 e. The lowest BCUT2D eigenvalue weighted by atomic mass is 10.2. The van der Waals surface area contributed by atoms with E-state index in [1.165, 1.54) is 18.3 Å². The molecule has 1 unspecified atom stereocenters. The SMILES string of the molecule is CC(Oc1ccc(Oc2ccc(Cl)cc2)cc1)C(=O)NN=Cc1cc(Cl)ccc1O. The first-order chi connectivity index (χ1) is 14.4. The van der Waals surface area contributed by atoms with E-state index in [9.17, 15) is 9.90 Å². The molecule has 8 heteroatoms. The van der Waals surface area contributed by atoms with E-state index in [2.05, 4.69) is 10.5 Å². The standard InChI is InChI=1S/C22H18Cl2N2O4/c1-14(22(28)26-25-13-15-12-17(24)4-11-21(15)27)29-18-7-9-20(10-8-18)30-19-5-2-16(23)3-6-19/h2-14,27H,1H3,(H,26,28). The summed E-state index contributed by atoms with van der Waals surface area (Å²) in [5.74, 6) is 1.33. The van der Waals surface area contributed by atoms with Crippen LogP contribution in [0.5, 0.6) is 23.0 Å². The van der Waals surface area contributed by atoms with Crippen molar-refractivity contribution in [3.05, 3.63) is 82.3 Å². The van der Waals surface area contributed by atoms with Gasteiger partial charge >= 0.3 is 0 Å². The molecule has 1 amide bonds. The number of aromatic hydroxyl groups is 1. The topological polar surface area (TPSA) is 80.2 Å². The highest BCUT2D eigenvalue weighted by Crippen LogP contribution is 2.25. The maximum atomic E-state index is 12.2. The predicted octanol–water partition coefficient (Wildman–Crippen LogP) is 5.41. The van der Waals surface area contributed by atoms with Gasteiger partial charge < -0.3 is 14.6 Å². The zero-order valence-corrected chi connectivity index (χ0v) is 17.4. The van der Waals surface area contributed by atoms with Crippen molar-refractivity contribution in [3.8, 4) is 23.0 Å². The molecule has 6 nitrogen and oxygen atoms in total. The Hall–Kier alpha value is -3.22. The number of halogens is 2. The molecule has 0 aliphatic carbocycles. The molecule has 30 heavy (non-hydrogen) atoms. The van der Waals surface area contributed by atoms with Gasteiger partial charge in [0, 0.05) is 15.6 Å². The van der Waals surface area contributed by atoms with E-state index in [1.807, 2.05) is 0 Å². The summed E-state index contributed by atoms with van der Waals surface area (Å²) < 4.78 is 11.3. The van der Waals surface area contributed by atoms with Gasteiger partial charge in [-0.3, -0.25) is 4.79 Å². The van der Waals surface area contributed by atoms with Crippen LogP contribution in [0.25, 0.3) is 0 Å². The third-order valence-electron chi connectivity index (χ3n) is 3.92. The average molecular weight is 445 g/mol. The Balaban J connectivity index is 1.52. The molecule has 0 fully saturated rings. The van der Waals surface area contributed by atoms with Crippen LogP contribution in [0, 0.1) is 0 Å². The third kappa shape index (κ3) is 6.14. The number of phenols is 1. The van der Waals surface area contributed by atoms with Crippen LogP contribution in [0.1, 0.15) is 12.5 Å². The Morgan fingerprint density at radius 3 is 2.20 bits per heavy atom. The van der Waals surface area contributed by atoms with Crippen molar-refractivity contribution in [2.75, 3.05) is 0 Å². The van der Waals surface area contributed by atoms with Gasteiger partial charge in [-0.05, 0) is 73.7 Å². The van der Waals surface area contributed by atoms with Crippen molar-refractivity contribution in [1.82, 2.24) is 5.43 Å². The van der Waals surface area contributed by atoms with Gasteiger partial charge in [0.25, 0.3) is 5.91 Å². The van der Waals surface area contributed by atoms with Crippen LogP contribution in [0.4, 0.5) is 0 Å². The molecule has 154 valence electrons. The van der Waals surface area contributed by atoms with Gasteiger partial charge in [-0.1, -0.05) is 23.2 Å². The quantitative estimate of drug-likeness (QED) is 0.377. The number of ether oxygens (including phenoxy) is 2. The molecule has 3 aromatic carbocycles. The van der Waals surface area contributed by atoms with Crippen LogP contribution in [0.15, 0.2) is 71.8 Å². The lowest BCUT2D eigenvalue weighted by molar-refractivity contribution is -0.127. The van der Waals surface area contributed by atoms with Crippen molar-refractivity contribution >= 4 is 35.3 Å². The second-order valence-electron chi connectivity index (χ2n) is 6.22. The number of rotatable bonds is 7. The molecule has 3 aromatic rings. The molecular weight excluding hydrogens is 427 g/mol. The fraction of sp³-hybridized carbons (Fsp3) is 0.0909. The number of amides is 1. The van der Waals surface area contributed by atoms with Gasteiger partial charge in [0.05, 0.1) is 6.21 Å². The van der Waals surface area contributed by atoms with Gasteiger partial charge in [-0.2, -0.15) is 5.10 Å². The molecule has 0 saturated carbocycles. The Bertz CT molecular complexity index is 1040. The van der Waals surface area contributed by atoms with Crippen LogP contribution in [-0.4, -0.2) is 23.3 Å². The number of benzene rings is 3. The maximum absolute atomic E-state index is 12.2. The first-order valence-corrected chi connectivity index (χ1v) is 9.68. The van der Waals surface area contributed by atoms with Crippen molar-refractivity contribution in [2.24, 2.45) is 5.10 Å². The number of nitrogens with one attached hydrogen (secondary N) is 1. The largest absolute Gasteiger partial charge is 0.507 e. The predicted molar refractivity (Wildman–Crippen MR) is 117 cm³/mol. The van der Waals surface area contributed by atoms with Gasteiger partial charge in [0.2, 0.25) is 0 Å². The molecular formula is C22H18Cl2N2O4. The first kappa shape index (κ1) is 21.5. The van der Waals surface area contributed by atoms with E-state index < -0.39 is 12.0 Å². The summed E-state index contributed by atoms with van der Waals surface area (Å²) in [7, 11) is 0. The molecule has 0 saturated heterocycles. The molecule has 0 aromatic heterocycles. The zero-order valence-electron chi connectivity index (χ0n) is 15.9. The Kier molecular flexibility index (Phi) is 7.17. The summed E-state index contributed by atoms with van der Waals surface area (Å²) >= 11 is 11.7.